The first-order valence-electron chi connectivity index (χ1n) is 10.7. The molecule has 2 aliphatic rings. The summed E-state index contributed by atoms with van der Waals surface area (Å²) in [6.45, 7) is 7.73. The minimum Gasteiger partial charge on any atom is -0.504 e. The molecule has 4 atom stereocenters. The van der Waals surface area contributed by atoms with Gasteiger partial charge in [0.25, 0.3) is 0 Å². The van der Waals surface area contributed by atoms with Crippen LogP contribution in [0.4, 0.5) is 0 Å². The van der Waals surface area contributed by atoms with E-state index in [1.165, 1.54) is 7.11 Å². The summed E-state index contributed by atoms with van der Waals surface area (Å²) in [5.74, 6) is -2.95. The normalized spacial score (nSPS) is 30.5. The molecule has 0 heterocycles. The number of aromatic hydroxyl groups is 1. The van der Waals surface area contributed by atoms with E-state index in [0.717, 1.165) is 0 Å². The van der Waals surface area contributed by atoms with Crippen molar-refractivity contribution in [1.82, 2.24) is 0 Å². The first kappa shape index (κ1) is 24.2. The Morgan fingerprint density at radius 1 is 0.968 bits per heavy atom. The Bertz CT molecular complexity index is 835. The van der Waals surface area contributed by atoms with Crippen LogP contribution in [0.1, 0.15) is 64.9 Å². The quantitative estimate of drug-likeness (QED) is 0.582. The third-order valence-electron chi connectivity index (χ3n) is 6.82. The van der Waals surface area contributed by atoms with Crippen LogP contribution in [0.5, 0.6) is 11.5 Å². The van der Waals surface area contributed by atoms with Crippen LogP contribution < -0.4 is 4.74 Å². The highest BCUT2D eigenvalue weighted by molar-refractivity contribution is 9.10. The molecule has 0 aromatic heterocycles. The first-order valence-corrected chi connectivity index (χ1v) is 11.5. The molecule has 0 radical (unpaired) electrons. The number of benzene rings is 1. The van der Waals surface area contributed by atoms with Gasteiger partial charge in [0.2, 0.25) is 0 Å². The fourth-order valence-electron chi connectivity index (χ4n) is 5.63. The van der Waals surface area contributed by atoms with Crippen molar-refractivity contribution in [2.45, 2.75) is 71.5 Å². The topological polar surface area (TPSA) is 104 Å². The van der Waals surface area contributed by atoms with Crippen molar-refractivity contribution in [3.63, 3.8) is 0 Å². The van der Waals surface area contributed by atoms with Crippen LogP contribution in [0, 0.1) is 22.7 Å². The number of ether oxygens (including phenoxy) is 1. The van der Waals surface area contributed by atoms with Crippen LogP contribution in [0.15, 0.2) is 16.6 Å². The highest BCUT2D eigenvalue weighted by atomic mass is 79.9. The zero-order valence-electron chi connectivity index (χ0n) is 18.8. The van der Waals surface area contributed by atoms with Crippen LogP contribution in [0.2, 0.25) is 0 Å². The zero-order valence-corrected chi connectivity index (χ0v) is 20.4. The predicted octanol–water partition coefficient (Wildman–Crippen LogP) is 3.98. The van der Waals surface area contributed by atoms with E-state index in [1.54, 1.807) is 12.1 Å². The second kappa shape index (κ2) is 8.49. The molecule has 1 aromatic carbocycles. The SMILES string of the molecule is COc1cc(Br)cc(C([C@@H]2C(=O)CC(C)(C)C[C@@H]2O)[C@@H]2C(=O)CC(C)(C)C[C@@H]2O)c1O. The van der Waals surface area contributed by atoms with Gasteiger partial charge in [0.15, 0.2) is 11.5 Å². The third kappa shape index (κ3) is 4.83. The summed E-state index contributed by atoms with van der Waals surface area (Å²) in [5, 5.41) is 33.1. The van der Waals surface area contributed by atoms with Crippen molar-refractivity contribution < 1.29 is 29.6 Å². The molecule has 2 aliphatic carbocycles. The van der Waals surface area contributed by atoms with Crippen molar-refractivity contribution in [3.05, 3.63) is 22.2 Å². The lowest BCUT2D eigenvalue weighted by Crippen LogP contribution is -2.51. The van der Waals surface area contributed by atoms with Crippen molar-refractivity contribution in [2.24, 2.45) is 22.7 Å². The number of aliphatic hydroxyl groups excluding tert-OH is 2. The van der Waals surface area contributed by atoms with Crippen molar-refractivity contribution >= 4 is 27.5 Å². The van der Waals surface area contributed by atoms with E-state index in [2.05, 4.69) is 15.9 Å². The number of hydrogen-bond donors (Lipinski definition) is 3. The molecule has 7 heteroatoms. The number of halogens is 1. The zero-order chi connectivity index (χ0) is 23.3. The Kier molecular flexibility index (Phi) is 6.63. The molecule has 3 N–H and O–H groups in total. The summed E-state index contributed by atoms with van der Waals surface area (Å²) in [6, 6.07) is 3.25. The van der Waals surface area contributed by atoms with Gasteiger partial charge in [-0.15, -0.1) is 0 Å². The Morgan fingerprint density at radius 3 is 1.81 bits per heavy atom. The predicted molar refractivity (Wildman–Crippen MR) is 120 cm³/mol. The van der Waals surface area contributed by atoms with Crippen LogP contribution in [-0.2, 0) is 9.59 Å². The number of carbonyl (C=O) groups is 2. The summed E-state index contributed by atoms with van der Waals surface area (Å²) in [6.07, 6.45) is -0.650. The number of methoxy groups -OCH3 is 1. The van der Waals surface area contributed by atoms with Crippen molar-refractivity contribution in [1.29, 1.82) is 0 Å². The second-order valence-electron chi connectivity index (χ2n) is 10.8. The number of hydrogen-bond acceptors (Lipinski definition) is 6. The monoisotopic (exact) mass is 496 g/mol. The highest BCUT2D eigenvalue weighted by Gasteiger charge is 2.52. The smallest absolute Gasteiger partial charge is 0.161 e. The molecule has 31 heavy (non-hydrogen) atoms. The van der Waals surface area contributed by atoms with Gasteiger partial charge in [-0.2, -0.15) is 0 Å². The van der Waals surface area contributed by atoms with Gasteiger partial charge in [0.05, 0.1) is 31.2 Å². The fourth-order valence-corrected chi connectivity index (χ4v) is 6.09. The van der Waals surface area contributed by atoms with E-state index in [-0.39, 0.29) is 46.7 Å². The molecule has 0 aliphatic heterocycles. The second-order valence-corrected chi connectivity index (χ2v) is 11.7. The Labute approximate surface area is 192 Å². The number of Topliss-reactive ketones (excluding diaryl/α,β-unsaturated/α-hetero) is 2. The summed E-state index contributed by atoms with van der Waals surface area (Å²) in [5.41, 5.74) is -0.377. The Morgan fingerprint density at radius 2 is 1.42 bits per heavy atom. The molecular formula is C24H33BrO6. The molecule has 0 amide bonds. The molecule has 2 fully saturated rings. The molecule has 0 saturated heterocycles. The molecule has 3 rings (SSSR count). The molecular weight excluding hydrogens is 464 g/mol. The Hall–Kier alpha value is -1.44. The molecule has 2 saturated carbocycles. The number of ketones is 2. The molecule has 0 bridgehead atoms. The lowest BCUT2D eigenvalue weighted by atomic mass is 9.58. The lowest BCUT2D eigenvalue weighted by Gasteiger charge is -2.46. The summed E-state index contributed by atoms with van der Waals surface area (Å²) in [7, 11) is 1.42. The maximum atomic E-state index is 13.3. The minimum absolute atomic E-state index is 0.156. The van der Waals surface area contributed by atoms with E-state index < -0.39 is 30.0 Å². The van der Waals surface area contributed by atoms with Crippen LogP contribution >= 0.6 is 15.9 Å². The maximum absolute atomic E-state index is 13.3. The lowest BCUT2D eigenvalue weighted by molar-refractivity contribution is -0.144. The Balaban J connectivity index is 2.18. The van der Waals surface area contributed by atoms with Gasteiger partial charge in [-0.25, -0.2) is 0 Å². The van der Waals surface area contributed by atoms with Crippen LogP contribution in [-0.4, -0.2) is 46.2 Å². The van der Waals surface area contributed by atoms with Crippen molar-refractivity contribution in [3.8, 4) is 11.5 Å². The third-order valence-corrected chi connectivity index (χ3v) is 7.28. The highest BCUT2D eigenvalue weighted by Crippen LogP contribution is 2.52. The molecule has 6 nitrogen and oxygen atoms in total. The average Bonchev–Trinajstić information content (AvgIpc) is 2.58. The van der Waals surface area contributed by atoms with Gasteiger partial charge < -0.3 is 20.1 Å². The fraction of sp³-hybridized carbons (Fsp3) is 0.667. The van der Waals surface area contributed by atoms with Crippen molar-refractivity contribution in [2.75, 3.05) is 7.11 Å². The molecule has 172 valence electrons. The van der Waals surface area contributed by atoms with Gasteiger partial charge in [-0.1, -0.05) is 43.6 Å². The molecule has 1 aromatic rings. The number of phenolic OH excluding ortho intramolecular Hbond substituents is 1. The van der Waals surface area contributed by atoms with Crippen LogP contribution in [0.3, 0.4) is 0 Å². The summed E-state index contributed by atoms with van der Waals surface area (Å²) >= 11 is 3.42. The number of phenols is 1. The standard InChI is InChI=1S/C24H33BrO6/c1-23(2)8-14(26)20(15(27)9-23)19(13-6-12(25)7-18(31-5)22(13)30)21-16(28)10-24(3,4)11-17(21)29/h6-7,14,16,19-21,26,28,30H,8-11H2,1-5H3/t14-,16-,20-,21-/m0/s1. The maximum Gasteiger partial charge on any atom is 0.161 e. The van der Waals surface area contributed by atoms with Gasteiger partial charge >= 0.3 is 0 Å². The molecule has 0 spiro atoms. The van der Waals surface area contributed by atoms with Gasteiger partial charge in [-0.05, 0) is 35.8 Å². The summed E-state index contributed by atoms with van der Waals surface area (Å²) < 4.78 is 5.90. The van der Waals surface area contributed by atoms with Gasteiger partial charge in [0.1, 0.15) is 11.6 Å². The summed E-state index contributed by atoms with van der Waals surface area (Å²) in [4.78, 5) is 26.6. The van der Waals surface area contributed by atoms with E-state index in [1.807, 2.05) is 27.7 Å². The average molecular weight is 497 g/mol. The first-order chi connectivity index (χ1) is 14.3. The van der Waals surface area contributed by atoms with E-state index in [0.29, 0.717) is 22.9 Å². The number of aliphatic hydroxyl groups is 2. The largest absolute Gasteiger partial charge is 0.504 e. The number of rotatable bonds is 4. The molecule has 0 unspecified atom stereocenters. The van der Waals surface area contributed by atoms with E-state index in [4.69, 9.17) is 4.74 Å². The minimum atomic E-state index is -0.986. The van der Waals surface area contributed by atoms with E-state index >= 15 is 0 Å². The van der Waals surface area contributed by atoms with Crippen LogP contribution in [0.25, 0.3) is 0 Å². The van der Waals surface area contributed by atoms with Gasteiger partial charge in [-0.3, -0.25) is 9.59 Å². The van der Waals surface area contributed by atoms with E-state index in [9.17, 15) is 24.9 Å². The number of carbonyl (C=O) groups excluding carboxylic acids is 2. The van der Waals surface area contributed by atoms with Gasteiger partial charge in [0, 0.05) is 28.8 Å².